The molecule has 1 aromatic heterocycles. The standard InChI is InChI=1S/C8H11N3O3/c1-10-7(5-2-3-5)9-11(8(10)14)4-6(12)13/h5H,2-4H2,1H3,(H,12,13). The molecule has 0 unspecified atom stereocenters. The lowest BCUT2D eigenvalue weighted by molar-refractivity contribution is -0.137. The predicted octanol–water partition coefficient (Wildman–Crippen LogP) is -0.456. The summed E-state index contributed by atoms with van der Waals surface area (Å²) in [7, 11) is 1.63. The Morgan fingerprint density at radius 1 is 1.64 bits per heavy atom. The first-order valence-corrected chi connectivity index (χ1v) is 4.45. The van der Waals surface area contributed by atoms with E-state index in [2.05, 4.69) is 5.10 Å². The van der Waals surface area contributed by atoms with E-state index in [1.54, 1.807) is 7.05 Å². The highest BCUT2D eigenvalue weighted by Crippen LogP contribution is 2.38. The van der Waals surface area contributed by atoms with Gasteiger partial charge in [-0.3, -0.25) is 9.36 Å². The Morgan fingerprint density at radius 3 is 2.79 bits per heavy atom. The molecule has 14 heavy (non-hydrogen) atoms. The molecule has 6 heteroatoms. The van der Waals surface area contributed by atoms with Crippen molar-refractivity contribution in [1.29, 1.82) is 0 Å². The van der Waals surface area contributed by atoms with Gasteiger partial charge in [0.05, 0.1) is 0 Å². The third-order valence-electron chi connectivity index (χ3n) is 2.30. The third-order valence-corrected chi connectivity index (χ3v) is 2.30. The van der Waals surface area contributed by atoms with Crippen LogP contribution in [0.4, 0.5) is 0 Å². The summed E-state index contributed by atoms with van der Waals surface area (Å²) in [5, 5.41) is 12.5. The number of aliphatic carboxylic acids is 1. The van der Waals surface area contributed by atoms with Gasteiger partial charge < -0.3 is 5.11 Å². The Labute approximate surface area is 79.8 Å². The number of rotatable bonds is 3. The van der Waals surface area contributed by atoms with Gasteiger partial charge in [0, 0.05) is 13.0 Å². The lowest BCUT2D eigenvalue weighted by atomic mass is 10.4. The number of carbonyl (C=O) groups is 1. The zero-order valence-electron chi connectivity index (χ0n) is 7.80. The second-order valence-electron chi connectivity index (χ2n) is 3.53. The minimum atomic E-state index is -1.05. The molecule has 0 bridgehead atoms. The summed E-state index contributed by atoms with van der Waals surface area (Å²) in [5.74, 6) is 0.00606. The molecule has 1 fully saturated rings. The number of hydrogen-bond donors (Lipinski definition) is 1. The lowest BCUT2D eigenvalue weighted by Gasteiger charge is -1.91. The third kappa shape index (κ3) is 1.43. The normalized spacial score (nSPS) is 15.8. The minimum Gasteiger partial charge on any atom is -0.480 e. The van der Waals surface area contributed by atoms with Crippen molar-refractivity contribution in [2.75, 3.05) is 0 Å². The van der Waals surface area contributed by atoms with E-state index in [1.807, 2.05) is 0 Å². The van der Waals surface area contributed by atoms with Crippen LogP contribution in [0.3, 0.4) is 0 Å². The molecule has 1 N–H and O–H groups in total. The van der Waals surface area contributed by atoms with Crippen LogP contribution < -0.4 is 5.69 Å². The van der Waals surface area contributed by atoms with Gasteiger partial charge in [0.25, 0.3) is 0 Å². The predicted molar refractivity (Wildman–Crippen MR) is 47.1 cm³/mol. The number of carboxylic acid groups (broad SMARTS) is 1. The first kappa shape index (κ1) is 8.98. The van der Waals surface area contributed by atoms with E-state index < -0.39 is 5.97 Å². The van der Waals surface area contributed by atoms with Crippen LogP contribution in [0.2, 0.25) is 0 Å². The molecule has 1 aliphatic carbocycles. The van der Waals surface area contributed by atoms with Crippen molar-refractivity contribution in [3.63, 3.8) is 0 Å². The largest absolute Gasteiger partial charge is 0.480 e. The maximum Gasteiger partial charge on any atom is 0.346 e. The van der Waals surface area contributed by atoms with Crippen molar-refractivity contribution in [3.8, 4) is 0 Å². The highest BCUT2D eigenvalue weighted by Gasteiger charge is 2.29. The van der Waals surface area contributed by atoms with E-state index in [9.17, 15) is 9.59 Å². The van der Waals surface area contributed by atoms with Gasteiger partial charge in [-0.25, -0.2) is 9.48 Å². The Hall–Kier alpha value is -1.59. The Morgan fingerprint density at radius 2 is 2.29 bits per heavy atom. The molecule has 0 saturated heterocycles. The molecule has 1 heterocycles. The number of aromatic nitrogens is 3. The van der Waals surface area contributed by atoms with E-state index in [1.165, 1.54) is 4.57 Å². The number of nitrogens with zero attached hydrogens (tertiary/aromatic N) is 3. The van der Waals surface area contributed by atoms with E-state index in [4.69, 9.17) is 5.11 Å². The molecule has 1 aromatic rings. The average molecular weight is 197 g/mol. The van der Waals surface area contributed by atoms with Crippen molar-refractivity contribution in [2.45, 2.75) is 25.3 Å². The van der Waals surface area contributed by atoms with Gasteiger partial charge >= 0.3 is 11.7 Å². The van der Waals surface area contributed by atoms with E-state index >= 15 is 0 Å². The molecular weight excluding hydrogens is 186 g/mol. The van der Waals surface area contributed by atoms with Gasteiger partial charge in [-0.1, -0.05) is 0 Å². The highest BCUT2D eigenvalue weighted by atomic mass is 16.4. The van der Waals surface area contributed by atoms with Crippen LogP contribution in [0.5, 0.6) is 0 Å². The molecule has 0 amide bonds. The van der Waals surface area contributed by atoms with Gasteiger partial charge in [-0.15, -0.1) is 0 Å². The number of carboxylic acids is 1. The second kappa shape index (κ2) is 2.97. The van der Waals surface area contributed by atoms with Crippen LogP contribution in [-0.4, -0.2) is 25.4 Å². The molecule has 76 valence electrons. The van der Waals surface area contributed by atoms with E-state index in [0.29, 0.717) is 11.7 Å². The Bertz CT molecular complexity index is 428. The SMILES string of the molecule is Cn1c(C2CC2)nn(CC(=O)O)c1=O. The maximum atomic E-state index is 11.5. The maximum absolute atomic E-state index is 11.5. The summed E-state index contributed by atoms with van der Waals surface area (Å²) in [4.78, 5) is 21.9. The molecule has 0 spiro atoms. The highest BCUT2D eigenvalue weighted by molar-refractivity contribution is 5.66. The van der Waals surface area contributed by atoms with Gasteiger partial charge in [0.1, 0.15) is 12.4 Å². The van der Waals surface area contributed by atoms with Gasteiger partial charge in [0.15, 0.2) is 0 Å². The fourth-order valence-electron chi connectivity index (χ4n) is 1.43. The molecule has 0 aliphatic heterocycles. The summed E-state index contributed by atoms with van der Waals surface area (Å²) in [6, 6.07) is 0. The van der Waals surface area contributed by atoms with Crippen LogP contribution in [0.25, 0.3) is 0 Å². The van der Waals surface area contributed by atoms with E-state index in [-0.39, 0.29) is 12.2 Å². The van der Waals surface area contributed by atoms with Crippen LogP contribution in [0.15, 0.2) is 4.79 Å². The van der Waals surface area contributed by atoms with Crippen molar-refractivity contribution < 1.29 is 9.90 Å². The minimum absolute atomic E-state index is 0.350. The molecule has 1 aliphatic rings. The first-order valence-electron chi connectivity index (χ1n) is 4.45. The second-order valence-corrected chi connectivity index (χ2v) is 3.53. The van der Waals surface area contributed by atoms with E-state index in [0.717, 1.165) is 17.5 Å². The summed E-state index contributed by atoms with van der Waals surface area (Å²) in [6.07, 6.45) is 2.08. The first-order chi connectivity index (χ1) is 6.59. The molecule has 0 atom stereocenters. The monoisotopic (exact) mass is 197 g/mol. The molecule has 0 radical (unpaired) electrons. The zero-order chi connectivity index (χ0) is 10.3. The van der Waals surface area contributed by atoms with Crippen molar-refractivity contribution in [1.82, 2.24) is 14.3 Å². The Balaban J connectivity index is 2.37. The fraction of sp³-hybridized carbons (Fsp3) is 0.625. The molecule has 0 aromatic carbocycles. The molecule has 6 nitrogen and oxygen atoms in total. The summed E-state index contributed by atoms with van der Waals surface area (Å²) < 4.78 is 2.43. The quantitative estimate of drug-likeness (QED) is 0.711. The van der Waals surface area contributed by atoms with Crippen LogP contribution in [-0.2, 0) is 18.4 Å². The lowest BCUT2D eigenvalue weighted by Crippen LogP contribution is -2.26. The number of hydrogen-bond acceptors (Lipinski definition) is 3. The molecule has 2 rings (SSSR count). The smallest absolute Gasteiger partial charge is 0.346 e. The Kier molecular flexibility index (Phi) is 1.90. The average Bonchev–Trinajstić information content (AvgIpc) is 2.88. The van der Waals surface area contributed by atoms with Gasteiger partial charge in [-0.05, 0) is 12.8 Å². The molecule has 1 saturated carbocycles. The zero-order valence-corrected chi connectivity index (χ0v) is 7.80. The summed E-state index contributed by atoms with van der Waals surface area (Å²) in [5.41, 5.74) is -0.352. The van der Waals surface area contributed by atoms with Crippen LogP contribution >= 0.6 is 0 Å². The van der Waals surface area contributed by atoms with Crippen molar-refractivity contribution >= 4 is 5.97 Å². The van der Waals surface area contributed by atoms with Gasteiger partial charge in [-0.2, -0.15) is 5.10 Å². The summed E-state index contributed by atoms with van der Waals surface area (Å²) in [6.45, 7) is -0.362. The van der Waals surface area contributed by atoms with Crippen molar-refractivity contribution in [3.05, 3.63) is 16.3 Å². The van der Waals surface area contributed by atoms with Crippen LogP contribution in [0.1, 0.15) is 24.6 Å². The fourth-order valence-corrected chi connectivity index (χ4v) is 1.43. The van der Waals surface area contributed by atoms with Gasteiger partial charge in [0.2, 0.25) is 0 Å². The molecular formula is C8H11N3O3. The topological polar surface area (TPSA) is 77.1 Å². The van der Waals surface area contributed by atoms with Crippen molar-refractivity contribution in [2.24, 2.45) is 7.05 Å². The summed E-state index contributed by atoms with van der Waals surface area (Å²) >= 11 is 0. The van der Waals surface area contributed by atoms with Crippen LogP contribution in [0, 0.1) is 0 Å².